The average Bonchev–Trinajstić information content (AvgIpc) is 3.55. The molecule has 1 aromatic heterocycles. The minimum absolute atomic E-state index is 0.0655. The molecule has 0 saturated carbocycles. The molecule has 1 fully saturated rings. The van der Waals surface area contributed by atoms with Crippen molar-refractivity contribution in [1.82, 2.24) is 20.0 Å². The molecule has 5 N–H and O–H groups in total. The van der Waals surface area contributed by atoms with E-state index < -0.39 is 58.0 Å². The first kappa shape index (κ1) is 30.6. The molecule has 2 amide bonds. The van der Waals surface area contributed by atoms with Gasteiger partial charge in [-0.05, 0) is 53.6 Å². The van der Waals surface area contributed by atoms with Crippen LogP contribution >= 0.6 is 10.8 Å². The maximum atomic E-state index is 13.9. The number of aromatic nitrogens is 2. The number of aromatic amines is 1. The van der Waals surface area contributed by atoms with Crippen LogP contribution in [-0.4, -0.2) is 43.0 Å². The topological polar surface area (TPSA) is 154 Å². The molecule has 1 aliphatic carbocycles. The van der Waals surface area contributed by atoms with Gasteiger partial charge in [0.15, 0.2) is 0 Å². The van der Waals surface area contributed by atoms with Crippen molar-refractivity contribution < 1.29 is 41.4 Å². The summed E-state index contributed by atoms with van der Waals surface area (Å²) < 4.78 is 67.4. The lowest BCUT2D eigenvalue weighted by atomic mass is 9.80. The van der Waals surface area contributed by atoms with E-state index >= 15 is 0 Å². The quantitative estimate of drug-likeness (QED) is 0.165. The van der Waals surface area contributed by atoms with Crippen molar-refractivity contribution in [2.45, 2.75) is 49.3 Å². The summed E-state index contributed by atoms with van der Waals surface area (Å²) in [7, 11) is -3.33. The lowest BCUT2D eigenvalue weighted by Crippen LogP contribution is -2.42. The Bertz CT molecular complexity index is 1730. The SMILES string of the molecule is O=C1CC(c2ccc(C[C@H](NC(=O)C3CCc4ccccc4C3OC(=O)C(F)(F)F)c3nc4ccccc4[nH]3)cc2)S(O)(O)N1. The Morgan fingerprint density at radius 2 is 1.76 bits per heavy atom. The Hall–Kier alpha value is -4.40. The number of ether oxygens (including phenoxy) is 1. The number of carbonyl (C=O) groups is 3. The van der Waals surface area contributed by atoms with Crippen molar-refractivity contribution in [3.63, 3.8) is 0 Å². The van der Waals surface area contributed by atoms with Gasteiger partial charge in [-0.3, -0.25) is 23.4 Å². The van der Waals surface area contributed by atoms with Gasteiger partial charge in [0, 0.05) is 0 Å². The van der Waals surface area contributed by atoms with Crippen LogP contribution in [0.15, 0.2) is 72.8 Å². The summed E-state index contributed by atoms with van der Waals surface area (Å²) in [4.78, 5) is 45.4. The van der Waals surface area contributed by atoms with Crippen molar-refractivity contribution in [3.05, 3.63) is 101 Å². The second kappa shape index (κ2) is 11.8. The fourth-order valence-corrected chi connectivity index (χ4v) is 7.40. The van der Waals surface area contributed by atoms with Crippen LogP contribution in [0.3, 0.4) is 0 Å². The first-order chi connectivity index (χ1) is 21.4. The monoisotopic (exact) mass is 642 g/mol. The molecular weight excluding hydrogens is 613 g/mol. The molecule has 0 bridgehead atoms. The minimum atomic E-state index is -5.23. The van der Waals surface area contributed by atoms with E-state index in [1.165, 1.54) is 0 Å². The molecule has 1 aliphatic heterocycles. The minimum Gasteiger partial charge on any atom is -0.450 e. The number of rotatable bonds is 7. The molecule has 6 rings (SSSR count). The van der Waals surface area contributed by atoms with Gasteiger partial charge in [-0.1, -0.05) is 60.7 Å². The summed E-state index contributed by atoms with van der Waals surface area (Å²) in [6.45, 7) is 0. The Morgan fingerprint density at radius 3 is 2.44 bits per heavy atom. The van der Waals surface area contributed by atoms with Crippen molar-refractivity contribution in [2.24, 2.45) is 5.92 Å². The second-order valence-corrected chi connectivity index (χ2v) is 13.1. The number of H-pyrrole nitrogens is 1. The molecule has 4 aromatic rings. The molecule has 3 aromatic carbocycles. The zero-order valence-corrected chi connectivity index (χ0v) is 24.4. The van der Waals surface area contributed by atoms with Gasteiger partial charge in [-0.25, -0.2) is 9.78 Å². The molecule has 3 unspecified atom stereocenters. The number of nitrogens with one attached hydrogen (secondary N) is 3. The molecule has 1 saturated heterocycles. The van der Waals surface area contributed by atoms with E-state index in [2.05, 4.69) is 20.0 Å². The summed E-state index contributed by atoms with van der Waals surface area (Å²) in [5.74, 6) is -4.12. The van der Waals surface area contributed by atoms with Crippen molar-refractivity contribution in [3.8, 4) is 0 Å². The molecule has 10 nitrogen and oxygen atoms in total. The zero-order chi connectivity index (χ0) is 31.9. The number of hydrogen-bond donors (Lipinski definition) is 5. The predicted molar refractivity (Wildman–Crippen MR) is 159 cm³/mol. The van der Waals surface area contributed by atoms with Crippen LogP contribution in [0.2, 0.25) is 0 Å². The molecule has 4 atom stereocenters. The van der Waals surface area contributed by atoms with Crippen LogP contribution in [0.5, 0.6) is 0 Å². The summed E-state index contributed by atoms with van der Waals surface area (Å²) in [6.07, 6.45) is -5.97. The first-order valence-corrected chi connectivity index (χ1v) is 15.8. The molecule has 0 spiro atoms. The molecule has 2 aliphatic rings. The van der Waals surface area contributed by atoms with Crippen LogP contribution in [0.1, 0.15) is 58.3 Å². The Balaban J connectivity index is 1.28. The van der Waals surface area contributed by atoms with Gasteiger partial charge in [0.2, 0.25) is 11.8 Å². The number of carbonyl (C=O) groups excluding carboxylic acids is 3. The molecule has 0 radical (unpaired) electrons. The summed E-state index contributed by atoms with van der Waals surface area (Å²) in [5, 5.41) is 2.14. The Kier molecular flexibility index (Phi) is 8.05. The predicted octanol–water partition coefficient (Wildman–Crippen LogP) is 5.60. The maximum absolute atomic E-state index is 13.9. The molecular formula is C31H29F3N4O6S. The Labute approximate surface area is 256 Å². The number of aryl methyl sites for hydroxylation is 1. The number of hydrogen-bond acceptors (Lipinski definition) is 7. The molecule has 45 heavy (non-hydrogen) atoms. The van der Waals surface area contributed by atoms with Crippen LogP contribution in [0.4, 0.5) is 13.2 Å². The average molecular weight is 643 g/mol. The first-order valence-electron chi connectivity index (χ1n) is 14.2. The standard InChI is InChI=1S/C31H29F3N4O6S/c32-31(33,34)30(41)44-27-20-6-2-1-5-18(20)13-14-21(27)29(40)37-24(28-35-22-7-3-4-8-23(22)36-28)15-17-9-11-19(12-10-17)25-16-26(39)38-45(25,42)43/h1-12,21,24-25,27,42-43H,13-16H2,(H,35,36)(H,37,40)(H,38,39)/t21?,24-,25?,27?/m0/s1. The van der Waals surface area contributed by atoms with E-state index in [4.69, 9.17) is 4.74 Å². The van der Waals surface area contributed by atoms with Crippen LogP contribution in [-0.2, 0) is 32.0 Å². The van der Waals surface area contributed by atoms with E-state index in [0.717, 1.165) is 5.56 Å². The smallest absolute Gasteiger partial charge is 0.450 e. The number of amides is 2. The second-order valence-electron chi connectivity index (χ2n) is 11.1. The summed E-state index contributed by atoms with van der Waals surface area (Å²) >= 11 is 0. The fraction of sp³-hybridized carbons (Fsp3) is 0.290. The molecule has 2 heterocycles. The van der Waals surface area contributed by atoms with E-state index in [0.29, 0.717) is 40.0 Å². The number of nitrogens with zero attached hydrogens (tertiary/aromatic N) is 1. The number of fused-ring (bicyclic) bond motifs is 2. The van der Waals surface area contributed by atoms with Crippen LogP contribution in [0, 0.1) is 5.92 Å². The van der Waals surface area contributed by atoms with Gasteiger partial charge in [0.05, 0.1) is 29.4 Å². The highest BCUT2D eigenvalue weighted by atomic mass is 32.3. The van der Waals surface area contributed by atoms with E-state index in [-0.39, 0.29) is 19.3 Å². The highest BCUT2D eigenvalue weighted by Crippen LogP contribution is 2.56. The van der Waals surface area contributed by atoms with Crippen LogP contribution < -0.4 is 10.0 Å². The van der Waals surface area contributed by atoms with Gasteiger partial charge in [-0.15, -0.1) is 10.8 Å². The van der Waals surface area contributed by atoms with Gasteiger partial charge in [0.25, 0.3) is 0 Å². The van der Waals surface area contributed by atoms with E-state index in [9.17, 15) is 36.7 Å². The highest BCUT2D eigenvalue weighted by Gasteiger charge is 2.46. The van der Waals surface area contributed by atoms with Gasteiger partial charge < -0.3 is 15.0 Å². The van der Waals surface area contributed by atoms with E-state index in [1.807, 2.05) is 18.2 Å². The highest BCUT2D eigenvalue weighted by molar-refractivity contribution is 8.23. The third-order valence-electron chi connectivity index (χ3n) is 8.13. The number of halogens is 3. The lowest BCUT2D eigenvalue weighted by molar-refractivity contribution is -0.208. The van der Waals surface area contributed by atoms with Crippen molar-refractivity contribution >= 4 is 39.6 Å². The number of benzene rings is 3. The number of alkyl halides is 3. The zero-order valence-electron chi connectivity index (χ0n) is 23.6. The Morgan fingerprint density at radius 1 is 1.04 bits per heavy atom. The summed E-state index contributed by atoms with van der Waals surface area (Å²) in [5.41, 5.74) is 3.70. The number of imidazole rings is 1. The van der Waals surface area contributed by atoms with Crippen molar-refractivity contribution in [2.75, 3.05) is 0 Å². The van der Waals surface area contributed by atoms with Crippen LogP contribution in [0.25, 0.3) is 11.0 Å². The lowest BCUT2D eigenvalue weighted by Gasteiger charge is -2.33. The third kappa shape index (κ3) is 6.39. The van der Waals surface area contributed by atoms with Gasteiger partial charge in [-0.2, -0.15) is 13.2 Å². The van der Waals surface area contributed by atoms with Crippen molar-refractivity contribution in [1.29, 1.82) is 0 Å². The molecule has 14 heteroatoms. The molecule has 236 valence electrons. The largest absolute Gasteiger partial charge is 0.490 e. The summed E-state index contributed by atoms with van der Waals surface area (Å²) in [6, 6.07) is 19.9. The van der Waals surface area contributed by atoms with Gasteiger partial charge >= 0.3 is 12.1 Å². The van der Waals surface area contributed by atoms with Gasteiger partial charge in [0.1, 0.15) is 17.2 Å². The van der Waals surface area contributed by atoms with E-state index in [1.54, 1.807) is 54.6 Å². The normalized spacial score (nSPS) is 22.2. The fourth-order valence-electron chi connectivity index (χ4n) is 5.92. The maximum Gasteiger partial charge on any atom is 0.490 e. The number of esters is 1. The number of para-hydroxylation sites is 2. The third-order valence-corrected chi connectivity index (χ3v) is 9.89.